The summed E-state index contributed by atoms with van der Waals surface area (Å²) in [5, 5.41) is 29.6. The molecule has 0 atom stereocenters. The van der Waals surface area contributed by atoms with Crippen LogP contribution in [-0.2, 0) is 0 Å². The Morgan fingerprint density at radius 1 is 1.09 bits per heavy atom. The van der Waals surface area contributed by atoms with E-state index in [2.05, 4.69) is 22.5 Å². The molecule has 0 saturated heterocycles. The molecule has 0 amide bonds. The molecule has 0 fully saturated rings. The number of rotatable bonds is 2. The fourth-order valence-electron chi connectivity index (χ4n) is 2.44. The molecule has 1 aromatic heterocycles. The predicted octanol–water partition coefficient (Wildman–Crippen LogP) is 3.69. The average Bonchev–Trinajstić information content (AvgIpc) is 2.51. The van der Waals surface area contributed by atoms with Crippen LogP contribution in [0.2, 0.25) is 0 Å². The van der Waals surface area contributed by atoms with Gasteiger partial charge in [0, 0.05) is 27.3 Å². The highest BCUT2D eigenvalue weighted by atomic mass is 79.9. The smallest absolute Gasteiger partial charge is 0.263 e. The van der Waals surface area contributed by atoms with Gasteiger partial charge in [0.1, 0.15) is 17.3 Å². The summed E-state index contributed by atoms with van der Waals surface area (Å²) >= 11 is 3.38. The van der Waals surface area contributed by atoms with E-state index < -0.39 is 0 Å². The van der Waals surface area contributed by atoms with Crippen molar-refractivity contribution in [2.75, 3.05) is 0 Å². The lowest BCUT2D eigenvalue weighted by atomic mass is 10.0. The maximum atomic E-state index is 12.8. The maximum absolute atomic E-state index is 12.8. The van der Waals surface area contributed by atoms with Gasteiger partial charge in [-0.05, 0) is 52.3 Å². The van der Waals surface area contributed by atoms with E-state index in [1.807, 2.05) is 0 Å². The minimum atomic E-state index is -0.376. The first-order valence-corrected chi connectivity index (χ1v) is 7.43. The topological polar surface area (TPSA) is 82.7 Å². The van der Waals surface area contributed by atoms with E-state index in [1.54, 1.807) is 18.3 Å². The molecule has 0 spiro atoms. The van der Waals surface area contributed by atoms with Gasteiger partial charge in [-0.2, -0.15) is 0 Å². The van der Waals surface area contributed by atoms with Crippen LogP contribution in [0.4, 0.5) is 0 Å². The molecule has 0 saturated carbocycles. The lowest BCUT2D eigenvalue weighted by Crippen LogP contribution is -2.19. The van der Waals surface area contributed by atoms with Crippen LogP contribution in [0.3, 0.4) is 0 Å². The zero-order chi connectivity index (χ0) is 16.7. The number of aliphatic hydroxyl groups excluding tert-OH is 1. The van der Waals surface area contributed by atoms with Crippen LogP contribution in [0.15, 0.2) is 58.4 Å². The Balaban J connectivity index is 2.43. The Morgan fingerprint density at radius 3 is 2.35 bits per heavy atom. The number of nitrogens with zero attached hydrogens (tertiary/aromatic N) is 1. The third kappa shape index (κ3) is 2.57. The Kier molecular flexibility index (Phi) is 3.61. The van der Waals surface area contributed by atoms with Gasteiger partial charge < -0.3 is 15.3 Å². The van der Waals surface area contributed by atoms with Crippen LogP contribution in [-0.4, -0.2) is 19.9 Å². The molecular formula is C17H12BrNO4. The monoisotopic (exact) mass is 373 g/mol. The molecule has 1 heterocycles. The third-order valence-corrected chi connectivity index (χ3v) is 4.13. The van der Waals surface area contributed by atoms with Gasteiger partial charge in [0.25, 0.3) is 5.56 Å². The summed E-state index contributed by atoms with van der Waals surface area (Å²) in [6.45, 7) is 3.45. The molecule has 5 nitrogen and oxygen atoms in total. The fraction of sp³-hybridized carbons (Fsp3) is 0. The van der Waals surface area contributed by atoms with Crippen molar-refractivity contribution in [3.05, 3.63) is 69.6 Å². The van der Waals surface area contributed by atoms with Crippen LogP contribution < -0.4 is 5.56 Å². The summed E-state index contributed by atoms with van der Waals surface area (Å²) in [5.74, 6) is -0.292. The largest absolute Gasteiger partial charge is 0.508 e. The molecule has 23 heavy (non-hydrogen) atoms. The molecule has 0 unspecified atom stereocenters. The van der Waals surface area contributed by atoms with Gasteiger partial charge in [-0.1, -0.05) is 6.58 Å². The lowest BCUT2D eigenvalue weighted by molar-refractivity contribution is 0.473. The Bertz CT molecular complexity index is 990. The van der Waals surface area contributed by atoms with E-state index in [4.69, 9.17) is 0 Å². The summed E-state index contributed by atoms with van der Waals surface area (Å²) < 4.78 is 1.95. The minimum absolute atomic E-state index is 0.0785. The summed E-state index contributed by atoms with van der Waals surface area (Å²) in [5.41, 5.74) is 0.343. The molecule has 0 radical (unpaired) electrons. The van der Waals surface area contributed by atoms with Crippen molar-refractivity contribution in [1.82, 2.24) is 4.57 Å². The number of aromatic hydroxyl groups is 2. The summed E-state index contributed by atoms with van der Waals surface area (Å²) in [4.78, 5) is 12.8. The average molecular weight is 374 g/mol. The zero-order valence-corrected chi connectivity index (χ0v) is 13.4. The molecule has 3 rings (SSSR count). The Labute approximate surface area is 139 Å². The number of hydrogen-bond donors (Lipinski definition) is 3. The molecule has 0 aliphatic carbocycles. The first-order valence-electron chi connectivity index (χ1n) is 6.64. The van der Waals surface area contributed by atoms with Crippen molar-refractivity contribution >= 4 is 32.5 Å². The molecule has 0 aliphatic rings. The quantitative estimate of drug-likeness (QED) is 0.598. The van der Waals surface area contributed by atoms with Crippen molar-refractivity contribution in [3.63, 3.8) is 0 Å². The molecular weight excluding hydrogens is 362 g/mol. The van der Waals surface area contributed by atoms with Crippen molar-refractivity contribution in [2.45, 2.75) is 0 Å². The van der Waals surface area contributed by atoms with Crippen LogP contribution in [0.1, 0.15) is 5.56 Å². The van der Waals surface area contributed by atoms with Gasteiger partial charge in [0.2, 0.25) is 0 Å². The van der Waals surface area contributed by atoms with Gasteiger partial charge in [0.15, 0.2) is 0 Å². The molecule has 3 aromatic rings. The zero-order valence-electron chi connectivity index (χ0n) is 11.8. The fourth-order valence-corrected chi connectivity index (χ4v) is 2.96. The second kappa shape index (κ2) is 5.48. The SMILES string of the molecule is C=C(O)c1cc(O)cc2c(Br)cn(-c3ccc(O)cc3)c(=O)c12. The van der Waals surface area contributed by atoms with Crippen LogP contribution >= 0.6 is 15.9 Å². The number of halogens is 1. The van der Waals surface area contributed by atoms with Gasteiger partial charge in [-0.15, -0.1) is 0 Å². The minimum Gasteiger partial charge on any atom is -0.508 e. The molecule has 116 valence electrons. The Hall–Kier alpha value is -2.73. The number of phenolic OH excluding ortho intramolecular Hbond substituents is 2. The highest BCUT2D eigenvalue weighted by Gasteiger charge is 2.15. The summed E-state index contributed by atoms with van der Waals surface area (Å²) in [6, 6.07) is 8.88. The van der Waals surface area contributed by atoms with E-state index in [0.717, 1.165) is 0 Å². The van der Waals surface area contributed by atoms with E-state index >= 15 is 0 Å². The number of aliphatic hydroxyl groups is 1. The molecule has 3 N–H and O–H groups in total. The third-order valence-electron chi connectivity index (χ3n) is 3.49. The molecule has 2 aromatic carbocycles. The van der Waals surface area contributed by atoms with Gasteiger partial charge in [0.05, 0.1) is 5.39 Å². The predicted molar refractivity (Wildman–Crippen MR) is 92.2 cm³/mol. The highest BCUT2D eigenvalue weighted by molar-refractivity contribution is 9.10. The van der Waals surface area contributed by atoms with Crippen molar-refractivity contribution < 1.29 is 15.3 Å². The Morgan fingerprint density at radius 2 is 1.74 bits per heavy atom. The van der Waals surface area contributed by atoms with Gasteiger partial charge in [-0.25, -0.2) is 0 Å². The number of aromatic nitrogens is 1. The second-order valence-corrected chi connectivity index (χ2v) is 5.89. The van der Waals surface area contributed by atoms with Crippen molar-refractivity contribution in [1.29, 1.82) is 0 Å². The second-order valence-electron chi connectivity index (χ2n) is 5.03. The number of benzene rings is 2. The molecule has 6 heteroatoms. The molecule has 0 bridgehead atoms. The normalized spacial score (nSPS) is 10.8. The number of pyridine rings is 1. The summed E-state index contributed by atoms with van der Waals surface area (Å²) in [6.07, 6.45) is 1.57. The standard InChI is InChI=1S/C17H12BrNO4/c1-9(20)13-6-12(22)7-14-15(18)8-19(17(23)16(13)14)10-2-4-11(21)5-3-10/h2-8,20-22H,1H2. The van der Waals surface area contributed by atoms with E-state index in [1.165, 1.54) is 28.8 Å². The van der Waals surface area contributed by atoms with Crippen molar-refractivity contribution in [3.8, 4) is 17.2 Å². The van der Waals surface area contributed by atoms with E-state index in [9.17, 15) is 20.1 Å². The highest BCUT2D eigenvalue weighted by Crippen LogP contribution is 2.31. The maximum Gasteiger partial charge on any atom is 0.263 e. The number of fused-ring (bicyclic) bond motifs is 1. The van der Waals surface area contributed by atoms with Crippen LogP contribution in [0.5, 0.6) is 11.5 Å². The van der Waals surface area contributed by atoms with E-state index in [-0.39, 0.29) is 33.8 Å². The van der Waals surface area contributed by atoms with Gasteiger partial charge in [-0.3, -0.25) is 9.36 Å². The summed E-state index contributed by atoms with van der Waals surface area (Å²) in [7, 11) is 0. The molecule has 0 aliphatic heterocycles. The van der Waals surface area contributed by atoms with Crippen LogP contribution in [0.25, 0.3) is 22.2 Å². The first kappa shape index (κ1) is 15.2. The van der Waals surface area contributed by atoms with Gasteiger partial charge >= 0.3 is 0 Å². The number of phenols is 2. The first-order chi connectivity index (χ1) is 10.9. The number of hydrogen-bond acceptors (Lipinski definition) is 4. The van der Waals surface area contributed by atoms with Crippen LogP contribution in [0, 0.1) is 0 Å². The lowest BCUT2D eigenvalue weighted by Gasteiger charge is -2.12. The van der Waals surface area contributed by atoms with E-state index in [0.29, 0.717) is 15.5 Å². The van der Waals surface area contributed by atoms with Crippen molar-refractivity contribution in [2.24, 2.45) is 0 Å².